The lowest BCUT2D eigenvalue weighted by atomic mass is 10.1. The van der Waals surface area contributed by atoms with E-state index in [1.54, 1.807) is 45.0 Å². The number of ether oxygens (including phenoxy) is 1. The van der Waals surface area contributed by atoms with Gasteiger partial charge in [0.1, 0.15) is 12.4 Å². The van der Waals surface area contributed by atoms with Gasteiger partial charge in [0.15, 0.2) is 0 Å². The zero-order chi connectivity index (χ0) is 22.2. The lowest BCUT2D eigenvalue weighted by molar-refractivity contribution is 0.0954. The van der Waals surface area contributed by atoms with E-state index >= 15 is 0 Å². The van der Waals surface area contributed by atoms with Crippen LogP contribution in [0.2, 0.25) is 0 Å². The number of amides is 1. The number of carbonyl (C=O) groups excluding carboxylic acids is 1. The molecule has 0 radical (unpaired) electrons. The van der Waals surface area contributed by atoms with Gasteiger partial charge in [0, 0.05) is 28.1 Å². The number of para-hydroxylation sites is 1. The minimum Gasteiger partial charge on any atom is -0.488 e. The van der Waals surface area contributed by atoms with Gasteiger partial charge in [-0.1, -0.05) is 30.3 Å². The first-order valence-electron chi connectivity index (χ1n) is 9.89. The summed E-state index contributed by atoms with van der Waals surface area (Å²) in [4.78, 5) is 14.6. The van der Waals surface area contributed by atoms with Crippen molar-refractivity contribution in [3.8, 4) is 16.2 Å². The highest BCUT2D eigenvalue weighted by molar-refractivity contribution is 7.89. The third kappa shape index (κ3) is 4.66. The molecule has 0 spiro atoms. The fourth-order valence-corrected chi connectivity index (χ4v) is 6.22. The molecule has 0 unspecified atom stereocenters. The lowest BCUT2D eigenvalue weighted by Crippen LogP contribution is -2.41. The highest BCUT2D eigenvalue weighted by Crippen LogP contribution is 2.42. The first-order chi connectivity index (χ1) is 14.6. The number of nitrogens with one attached hydrogen (secondary N) is 2. The Morgan fingerprint density at radius 2 is 1.81 bits per heavy atom. The second-order valence-corrected chi connectivity index (χ2v) is 11.1. The number of thiophene rings is 1. The number of benzene rings is 2. The average Bonchev–Trinajstić information content (AvgIpc) is 3.15. The minimum absolute atomic E-state index is 0.107. The zero-order valence-electron chi connectivity index (χ0n) is 17.6. The minimum atomic E-state index is -3.71. The maximum absolute atomic E-state index is 12.8. The van der Waals surface area contributed by atoms with E-state index in [2.05, 4.69) is 10.0 Å². The van der Waals surface area contributed by atoms with Crippen molar-refractivity contribution < 1.29 is 17.9 Å². The fraction of sp³-hybridized carbons (Fsp3) is 0.261. The Hall–Kier alpha value is -2.68. The molecule has 3 aromatic rings. The molecule has 0 saturated heterocycles. The Bertz CT molecular complexity index is 1240. The summed E-state index contributed by atoms with van der Waals surface area (Å²) >= 11 is 1.42. The third-order valence-corrected chi connectivity index (χ3v) is 7.76. The van der Waals surface area contributed by atoms with Gasteiger partial charge >= 0.3 is 0 Å². The molecular weight excluding hydrogens is 432 g/mol. The zero-order valence-corrected chi connectivity index (χ0v) is 19.2. The first kappa shape index (κ1) is 21.5. The Kier molecular flexibility index (Phi) is 5.63. The van der Waals surface area contributed by atoms with Crippen LogP contribution in [0.15, 0.2) is 59.5 Å². The molecule has 31 heavy (non-hydrogen) atoms. The largest absolute Gasteiger partial charge is 0.488 e. The van der Waals surface area contributed by atoms with Crippen LogP contribution in [0.25, 0.3) is 10.4 Å². The van der Waals surface area contributed by atoms with Gasteiger partial charge in [-0.2, -0.15) is 0 Å². The van der Waals surface area contributed by atoms with E-state index in [4.69, 9.17) is 4.74 Å². The van der Waals surface area contributed by atoms with Gasteiger partial charge in [-0.3, -0.25) is 4.79 Å². The maximum Gasteiger partial charge on any atom is 0.261 e. The van der Waals surface area contributed by atoms with Gasteiger partial charge in [0.25, 0.3) is 5.91 Å². The van der Waals surface area contributed by atoms with Crippen molar-refractivity contribution in [1.29, 1.82) is 0 Å². The SMILES string of the molecule is CC(C)(C)NS(=O)(=O)c1ccccc1CNC(=O)c1cc2c(s1)-c1ccccc1OC2. The van der Waals surface area contributed by atoms with Gasteiger partial charge in [0.05, 0.1) is 9.77 Å². The number of hydrogen-bond donors (Lipinski definition) is 2. The van der Waals surface area contributed by atoms with Crippen LogP contribution in [0.1, 0.15) is 41.6 Å². The quantitative estimate of drug-likeness (QED) is 0.599. The van der Waals surface area contributed by atoms with Crippen molar-refractivity contribution >= 4 is 27.3 Å². The predicted octanol–water partition coefficient (Wildman–Crippen LogP) is 4.31. The van der Waals surface area contributed by atoms with Crippen LogP contribution in [0.5, 0.6) is 5.75 Å². The number of sulfonamides is 1. The summed E-state index contributed by atoms with van der Waals surface area (Å²) in [5, 5.41) is 2.86. The predicted molar refractivity (Wildman–Crippen MR) is 122 cm³/mol. The third-order valence-electron chi connectivity index (χ3n) is 4.69. The summed E-state index contributed by atoms with van der Waals surface area (Å²) in [5.41, 5.74) is 1.88. The summed E-state index contributed by atoms with van der Waals surface area (Å²) in [6.07, 6.45) is 0. The molecule has 0 bridgehead atoms. The lowest BCUT2D eigenvalue weighted by Gasteiger charge is -2.21. The van der Waals surface area contributed by atoms with Crippen LogP contribution in [-0.2, 0) is 23.2 Å². The van der Waals surface area contributed by atoms with Crippen molar-refractivity contribution in [1.82, 2.24) is 10.0 Å². The van der Waals surface area contributed by atoms with E-state index in [9.17, 15) is 13.2 Å². The highest BCUT2D eigenvalue weighted by atomic mass is 32.2. The molecule has 1 aromatic heterocycles. The Morgan fingerprint density at radius 1 is 1.10 bits per heavy atom. The molecule has 162 valence electrons. The Labute approximate surface area is 186 Å². The molecule has 8 heteroatoms. The van der Waals surface area contributed by atoms with Crippen LogP contribution in [0.3, 0.4) is 0 Å². The maximum atomic E-state index is 12.8. The van der Waals surface area contributed by atoms with E-state index < -0.39 is 15.6 Å². The van der Waals surface area contributed by atoms with Crippen molar-refractivity contribution in [2.75, 3.05) is 0 Å². The molecule has 2 N–H and O–H groups in total. The van der Waals surface area contributed by atoms with E-state index in [0.717, 1.165) is 21.8 Å². The number of hydrogen-bond acceptors (Lipinski definition) is 5. The molecule has 6 nitrogen and oxygen atoms in total. The molecule has 0 aliphatic carbocycles. The Morgan fingerprint density at radius 3 is 2.58 bits per heavy atom. The molecule has 0 atom stereocenters. The van der Waals surface area contributed by atoms with Crippen LogP contribution in [-0.4, -0.2) is 19.9 Å². The van der Waals surface area contributed by atoms with E-state index in [1.807, 2.05) is 30.3 Å². The van der Waals surface area contributed by atoms with E-state index in [-0.39, 0.29) is 17.3 Å². The number of rotatable bonds is 5. The monoisotopic (exact) mass is 456 g/mol. The molecule has 2 aromatic carbocycles. The average molecular weight is 457 g/mol. The van der Waals surface area contributed by atoms with E-state index in [0.29, 0.717) is 17.0 Å². The number of carbonyl (C=O) groups is 1. The second kappa shape index (κ2) is 8.11. The highest BCUT2D eigenvalue weighted by Gasteiger charge is 2.25. The normalized spacial score (nSPS) is 13.1. The van der Waals surface area contributed by atoms with Crippen LogP contribution in [0.4, 0.5) is 0 Å². The molecule has 0 saturated carbocycles. The van der Waals surface area contributed by atoms with Gasteiger partial charge in [-0.05, 0) is 50.6 Å². The standard InChI is InChI=1S/C23H24N2O4S2/c1-23(2,3)25-31(27,28)20-11-7-4-8-15(20)13-24-22(26)19-12-16-14-29-18-10-6-5-9-17(18)21(16)30-19/h4-12,25H,13-14H2,1-3H3,(H,24,26). The van der Waals surface area contributed by atoms with Gasteiger partial charge in [-0.25, -0.2) is 13.1 Å². The molecule has 0 fully saturated rings. The number of fused-ring (bicyclic) bond motifs is 3. The molecular formula is C23H24N2O4S2. The summed E-state index contributed by atoms with van der Waals surface area (Å²) in [6, 6.07) is 16.3. The molecule has 4 rings (SSSR count). The first-order valence-corrected chi connectivity index (χ1v) is 12.2. The van der Waals surface area contributed by atoms with Crippen LogP contribution in [0, 0.1) is 0 Å². The van der Waals surface area contributed by atoms with Crippen molar-refractivity contribution in [2.45, 2.75) is 44.4 Å². The molecule has 1 amide bonds. The van der Waals surface area contributed by atoms with Crippen molar-refractivity contribution in [3.05, 3.63) is 70.6 Å². The van der Waals surface area contributed by atoms with Gasteiger partial charge in [0.2, 0.25) is 10.0 Å². The Balaban J connectivity index is 1.53. The molecule has 1 aliphatic rings. The van der Waals surface area contributed by atoms with Crippen LogP contribution < -0.4 is 14.8 Å². The van der Waals surface area contributed by atoms with Gasteiger partial charge < -0.3 is 10.1 Å². The van der Waals surface area contributed by atoms with Crippen molar-refractivity contribution in [2.24, 2.45) is 0 Å². The van der Waals surface area contributed by atoms with E-state index in [1.165, 1.54) is 11.3 Å². The topological polar surface area (TPSA) is 84.5 Å². The summed E-state index contributed by atoms with van der Waals surface area (Å²) in [5.74, 6) is 0.571. The summed E-state index contributed by atoms with van der Waals surface area (Å²) in [6.45, 7) is 5.89. The second-order valence-electron chi connectivity index (χ2n) is 8.40. The molecule has 1 aliphatic heterocycles. The fourth-order valence-electron chi connectivity index (χ4n) is 3.44. The summed E-state index contributed by atoms with van der Waals surface area (Å²) < 4.78 is 34.0. The molecule has 2 heterocycles. The van der Waals surface area contributed by atoms with Gasteiger partial charge in [-0.15, -0.1) is 11.3 Å². The van der Waals surface area contributed by atoms with Crippen LogP contribution >= 0.6 is 11.3 Å². The van der Waals surface area contributed by atoms with Crippen molar-refractivity contribution in [3.63, 3.8) is 0 Å². The smallest absolute Gasteiger partial charge is 0.261 e. The summed E-state index contributed by atoms with van der Waals surface area (Å²) in [7, 11) is -3.71.